The van der Waals surface area contributed by atoms with E-state index in [1.807, 2.05) is 25.6 Å². The third-order valence-electron chi connectivity index (χ3n) is 5.39. The van der Waals surface area contributed by atoms with Crippen LogP contribution in [0, 0.1) is 19.8 Å². The normalized spacial score (nSPS) is 16.6. The zero-order valence-corrected chi connectivity index (χ0v) is 17.5. The van der Waals surface area contributed by atoms with Crippen molar-refractivity contribution in [1.82, 2.24) is 34.6 Å². The molecule has 0 saturated heterocycles. The Morgan fingerprint density at radius 1 is 1.36 bits per heavy atom. The highest BCUT2D eigenvalue weighted by Crippen LogP contribution is 2.26. The van der Waals surface area contributed by atoms with Gasteiger partial charge in [-0.2, -0.15) is 5.10 Å². The smallest absolute Gasteiger partial charge is 0.248 e. The van der Waals surface area contributed by atoms with Crippen LogP contribution in [0.4, 0.5) is 0 Å². The molecule has 3 heterocycles. The van der Waals surface area contributed by atoms with Crippen LogP contribution < -0.4 is 0 Å². The standard InChI is InChI=1S/C19H29N7O2/c1-12(2)7-17-19(28)25(9-15-8-20-22-26(15)17)11-18(27)23(5)10-16-13(3)21-24(6)14(16)4/h8,12,17H,7,9-11H2,1-6H3/t17-/m0/s1. The average molecular weight is 387 g/mol. The van der Waals surface area contributed by atoms with E-state index >= 15 is 0 Å². The van der Waals surface area contributed by atoms with Gasteiger partial charge in [-0.05, 0) is 26.2 Å². The molecule has 1 aliphatic heterocycles. The Kier molecular flexibility index (Phi) is 5.53. The topological polar surface area (TPSA) is 89.2 Å². The minimum absolute atomic E-state index is 0.0491. The third kappa shape index (κ3) is 3.79. The highest BCUT2D eigenvalue weighted by Gasteiger charge is 2.35. The van der Waals surface area contributed by atoms with Crippen molar-refractivity contribution in [3.05, 3.63) is 28.8 Å². The molecule has 0 aromatic carbocycles. The van der Waals surface area contributed by atoms with Gasteiger partial charge in [0.05, 0.1) is 24.1 Å². The van der Waals surface area contributed by atoms with Gasteiger partial charge in [-0.3, -0.25) is 14.3 Å². The molecule has 0 spiro atoms. The largest absolute Gasteiger partial charge is 0.340 e. The van der Waals surface area contributed by atoms with Crippen molar-refractivity contribution in [3.63, 3.8) is 0 Å². The molecule has 0 unspecified atom stereocenters. The lowest BCUT2D eigenvalue weighted by Gasteiger charge is -2.34. The highest BCUT2D eigenvalue weighted by molar-refractivity contribution is 5.87. The van der Waals surface area contributed by atoms with E-state index in [1.165, 1.54) is 0 Å². The Morgan fingerprint density at radius 2 is 2.07 bits per heavy atom. The Bertz CT molecular complexity index is 883. The minimum Gasteiger partial charge on any atom is -0.340 e. The predicted octanol–water partition coefficient (Wildman–Crippen LogP) is 1.22. The summed E-state index contributed by atoms with van der Waals surface area (Å²) in [5.41, 5.74) is 3.86. The predicted molar refractivity (Wildman–Crippen MR) is 103 cm³/mol. The van der Waals surface area contributed by atoms with Crippen LogP contribution in [-0.4, -0.2) is 60.0 Å². The molecule has 152 valence electrons. The minimum atomic E-state index is -0.396. The number of hydrogen-bond acceptors (Lipinski definition) is 5. The summed E-state index contributed by atoms with van der Waals surface area (Å²) in [4.78, 5) is 29.1. The zero-order valence-electron chi connectivity index (χ0n) is 17.5. The first kappa shape index (κ1) is 20.0. The first-order valence-electron chi connectivity index (χ1n) is 9.59. The molecule has 0 bridgehead atoms. The Hall–Kier alpha value is -2.71. The van der Waals surface area contributed by atoms with Crippen LogP contribution >= 0.6 is 0 Å². The van der Waals surface area contributed by atoms with Crippen LogP contribution in [0.5, 0.6) is 0 Å². The fraction of sp³-hybridized carbons (Fsp3) is 0.632. The van der Waals surface area contributed by atoms with Crippen LogP contribution in [0.15, 0.2) is 6.20 Å². The molecular weight excluding hydrogens is 358 g/mol. The first-order valence-corrected chi connectivity index (χ1v) is 9.59. The number of rotatable bonds is 6. The summed E-state index contributed by atoms with van der Waals surface area (Å²) in [5.74, 6) is 0.170. The van der Waals surface area contributed by atoms with E-state index in [1.54, 1.807) is 27.7 Å². The molecular formula is C19H29N7O2. The van der Waals surface area contributed by atoms with E-state index in [9.17, 15) is 9.59 Å². The van der Waals surface area contributed by atoms with Gasteiger partial charge in [0, 0.05) is 31.9 Å². The van der Waals surface area contributed by atoms with Gasteiger partial charge in [-0.1, -0.05) is 19.1 Å². The number of aromatic nitrogens is 5. The number of amides is 2. The summed E-state index contributed by atoms with van der Waals surface area (Å²) in [6.45, 7) is 8.95. The van der Waals surface area contributed by atoms with Crippen molar-refractivity contribution in [3.8, 4) is 0 Å². The van der Waals surface area contributed by atoms with Gasteiger partial charge in [0.2, 0.25) is 11.8 Å². The fourth-order valence-electron chi connectivity index (χ4n) is 3.67. The molecule has 0 aliphatic carbocycles. The molecule has 9 heteroatoms. The molecule has 9 nitrogen and oxygen atoms in total. The van der Waals surface area contributed by atoms with Gasteiger partial charge >= 0.3 is 0 Å². The van der Waals surface area contributed by atoms with E-state index in [0.29, 0.717) is 25.4 Å². The van der Waals surface area contributed by atoms with Crippen LogP contribution in [-0.2, 0) is 29.7 Å². The van der Waals surface area contributed by atoms with Crippen molar-refractivity contribution in [2.75, 3.05) is 13.6 Å². The number of carbonyl (C=O) groups excluding carboxylic acids is 2. The molecule has 2 aromatic rings. The van der Waals surface area contributed by atoms with E-state index in [4.69, 9.17) is 0 Å². The van der Waals surface area contributed by atoms with Gasteiger partial charge in [0.25, 0.3) is 0 Å². The summed E-state index contributed by atoms with van der Waals surface area (Å²) >= 11 is 0. The molecule has 0 fully saturated rings. The molecule has 1 atom stereocenters. The first-order chi connectivity index (χ1) is 13.2. The molecule has 0 N–H and O–H groups in total. The Labute approximate surface area is 165 Å². The highest BCUT2D eigenvalue weighted by atomic mass is 16.2. The van der Waals surface area contributed by atoms with Crippen molar-refractivity contribution in [1.29, 1.82) is 0 Å². The molecule has 28 heavy (non-hydrogen) atoms. The molecule has 2 aromatic heterocycles. The monoisotopic (exact) mass is 387 g/mol. The second-order valence-corrected chi connectivity index (χ2v) is 8.03. The molecule has 0 saturated carbocycles. The van der Waals surface area contributed by atoms with Crippen molar-refractivity contribution < 1.29 is 9.59 Å². The maximum absolute atomic E-state index is 13.0. The third-order valence-corrected chi connectivity index (χ3v) is 5.39. The SMILES string of the molecule is Cc1nn(C)c(C)c1CN(C)C(=O)CN1Cc2cnnn2[C@@H](CC(C)C)C1=O. The number of fused-ring (bicyclic) bond motifs is 1. The quantitative estimate of drug-likeness (QED) is 0.743. The zero-order chi connectivity index (χ0) is 20.6. The molecule has 0 radical (unpaired) electrons. The summed E-state index contributed by atoms with van der Waals surface area (Å²) in [6, 6.07) is -0.396. The van der Waals surface area contributed by atoms with Crippen molar-refractivity contribution >= 4 is 11.8 Å². The lowest BCUT2D eigenvalue weighted by molar-refractivity contribution is -0.145. The Morgan fingerprint density at radius 3 is 2.68 bits per heavy atom. The summed E-state index contributed by atoms with van der Waals surface area (Å²) in [6.07, 6.45) is 2.34. The second-order valence-electron chi connectivity index (χ2n) is 8.03. The summed E-state index contributed by atoms with van der Waals surface area (Å²) in [5, 5.41) is 12.4. The van der Waals surface area contributed by atoms with E-state index in [2.05, 4.69) is 29.3 Å². The number of likely N-dealkylation sites (N-methyl/N-ethyl adjacent to an activating group) is 1. The van der Waals surface area contributed by atoms with Crippen molar-refractivity contribution in [2.45, 2.75) is 53.2 Å². The van der Waals surface area contributed by atoms with E-state index in [-0.39, 0.29) is 18.4 Å². The Balaban J connectivity index is 1.72. The van der Waals surface area contributed by atoms with Crippen LogP contribution in [0.25, 0.3) is 0 Å². The molecule has 3 rings (SSSR count). The van der Waals surface area contributed by atoms with Gasteiger partial charge in [-0.15, -0.1) is 5.10 Å². The van der Waals surface area contributed by atoms with Gasteiger partial charge in [-0.25, -0.2) is 4.68 Å². The fourth-order valence-corrected chi connectivity index (χ4v) is 3.67. The lowest BCUT2D eigenvalue weighted by Crippen LogP contribution is -2.47. The lowest BCUT2D eigenvalue weighted by atomic mass is 10.0. The van der Waals surface area contributed by atoms with Crippen LogP contribution in [0.1, 0.15) is 49.0 Å². The van der Waals surface area contributed by atoms with Gasteiger partial charge in [0.1, 0.15) is 12.6 Å². The number of aryl methyl sites for hydroxylation is 2. The van der Waals surface area contributed by atoms with Gasteiger partial charge in [0.15, 0.2) is 0 Å². The molecule has 2 amide bonds. The van der Waals surface area contributed by atoms with E-state index in [0.717, 1.165) is 22.6 Å². The maximum Gasteiger partial charge on any atom is 0.248 e. The number of nitrogens with zero attached hydrogens (tertiary/aromatic N) is 7. The van der Waals surface area contributed by atoms with Gasteiger partial charge < -0.3 is 9.80 Å². The second kappa shape index (κ2) is 7.73. The number of hydrogen-bond donors (Lipinski definition) is 0. The van der Waals surface area contributed by atoms with Crippen LogP contribution in [0.3, 0.4) is 0 Å². The maximum atomic E-state index is 13.0. The number of carbonyl (C=O) groups is 2. The summed E-state index contributed by atoms with van der Waals surface area (Å²) in [7, 11) is 3.66. The summed E-state index contributed by atoms with van der Waals surface area (Å²) < 4.78 is 3.52. The van der Waals surface area contributed by atoms with Crippen molar-refractivity contribution in [2.24, 2.45) is 13.0 Å². The molecule has 1 aliphatic rings. The average Bonchev–Trinajstić information content (AvgIpc) is 3.18. The van der Waals surface area contributed by atoms with E-state index < -0.39 is 6.04 Å². The van der Waals surface area contributed by atoms with Crippen LogP contribution in [0.2, 0.25) is 0 Å².